The lowest BCUT2D eigenvalue weighted by molar-refractivity contribution is 0.0921. The SMILES string of the molecule is CCC(C)c1ccc(OCC(=O)c2cc(Br)sc2Br)cc1. The number of Topliss-reactive ketones (excluding diaryl/α,β-unsaturated/α-hetero) is 1. The van der Waals surface area contributed by atoms with Crippen molar-refractivity contribution in [1.82, 2.24) is 0 Å². The van der Waals surface area contributed by atoms with E-state index in [0.717, 1.165) is 19.7 Å². The van der Waals surface area contributed by atoms with Crippen molar-refractivity contribution in [2.75, 3.05) is 6.61 Å². The van der Waals surface area contributed by atoms with E-state index in [0.29, 0.717) is 11.5 Å². The Hall–Kier alpha value is -0.650. The van der Waals surface area contributed by atoms with E-state index in [4.69, 9.17) is 4.74 Å². The molecule has 0 spiro atoms. The molecule has 0 saturated carbocycles. The van der Waals surface area contributed by atoms with Crippen LogP contribution in [0.1, 0.15) is 42.1 Å². The van der Waals surface area contributed by atoms with Gasteiger partial charge >= 0.3 is 0 Å². The lowest BCUT2D eigenvalue weighted by Gasteiger charge is -2.10. The minimum atomic E-state index is -0.0326. The van der Waals surface area contributed by atoms with E-state index in [9.17, 15) is 4.79 Å². The summed E-state index contributed by atoms with van der Waals surface area (Å²) in [6.45, 7) is 4.42. The standard InChI is InChI=1S/C16H16Br2O2S/c1-3-10(2)11-4-6-12(7-5-11)20-9-14(19)13-8-15(17)21-16(13)18/h4-8,10H,3,9H2,1-2H3. The zero-order chi connectivity index (χ0) is 15.4. The number of carbonyl (C=O) groups is 1. The summed E-state index contributed by atoms with van der Waals surface area (Å²) in [5.41, 5.74) is 1.95. The molecule has 1 unspecified atom stereocenters. The Morgan fingerprint density at radius 3 is 2.48 bits per heavy atom. The molecule has 1 atom stereocenters. The number of rotatable bonds is 6. The average Bonchev–Trinajstić information content (AvgIpc) is 2.83. The first-order chi connectivity index (χ1) is 10.0. The van der Waals surface area contributed by atoms with E-state index < -0.39 is 0 Å². The molecule has 0 aliphatic rings. The Labute approximate surface area is 145 Å². The van der Waals surface area contributed by atoms with Crippen LogP contribution in [0.3, 0.4) is 0 Å². The number of hydrogen-bond donors (Lipinski definition) is 0. The lowest BCUT2D eigenvalue weighted by atomic mass is 9.99. The van der Waals surface area contributed by atoms with Gasteiger partial charge in [0.15, 0.2) is 6.61 Å². The largest absolute Gasteiger partial charge is 0.485 e. The summed E-state index contributed by atoms with van der Waals surface area (Å²) in [4.78, 5) is 12.1. The van der Waals surface area contributed by atoms with E-state index in [2.05, 4.69) is 57.8 Å². The maximum atomic E-state index is 12.1. The van der Waals surface area contributed by atoms with Crippen molar-refractivity contribution >= 4 is 49.0 Å². The number of carbonyl (C=O) groups excluding carboxylic acids is 1. The summed E-state index contributed by atoms with van der Waals surface area (Å²) in [6.07, 6.45) is 1.11. The van der Waals surface area contributed by atoms with Crippen LogP contribution in [-0.4, -0.2) is 12.4 Å². The highest BCUT2D eigenvalue weighted by molar-refractivity contribution is 9.12. The second-order valence-electron chi connectivity index (χ2n) is 4.83. The van der Waals surface area contributed by atoms with Crippen LogP contribution in [0.2, 0.25) is 0 Å². The van der Waals surface area contributed by atoms with Crippen LogP contribution < -0.4 is 4.74 Å². The average molecular weight is 432 g/mol. The zero-order valence-electron chi connectivity index (χ0n) is 11.9. The van der Waals surface area contributed by atoms with Crippen molar-refractivity contribution < 1.29 is 9.53 Å². The molecule has 1 aromatic carbocycles. The molecule has 0 N–H and O–H groups in total. The number of thiophene rings is 1. The summed E-state index contributed by atoms with van der Waals surface area (Å²) < 4.78 is 7.33. The minimum Gasteiger partial charge on any atom is -0.485 e. The van der Waals surface area contributed by atoms with E-state index in [1.165, 1.54) is 16.9 Å². The van der Waals surface area contributed by atoms with Gasteiger partial charge in [0.05, 0.1) is 7.57 Å². The highest BCUT2D eigenvalue weighted by atomic mass is 79.9. The molecule has 2 nitrogen and oxygen atoms in total. The van der Waals surface area contributed by atoms with Gasteiger partial charge in [-0.2, -0.15) is 0 Å². The maximum absolute atomic E-state index is 12.1. The first-order valence-electron chi connectivity index (χ1n) is 6.72. The third-order valence-corrected chi connectivity index (χ3v) is 5.73. The summed E-state index contributed by atoms with van der Waals surface area (Å²) in [6, 6.07) is 9.78. The van der Waals surface area contributed by atoms with Gasteiger partial charge in [-0.1, -0.05) is 26.0 Å². The van der Waals surface area contributed by atoms with E-state index >= 15 is 0 Å². The Morgan fingerprint density at radius 1 is 1.29 bits per heavy atom. The van der Waals surface area contributed by atoms with Crippen LogP contribution in [0.15, 0.2) is 37.9 Å². The van der Waals surface area contributed by atoms with Crippen molar-refractivity contribution in [2.45, 2.75) is 26.2 Å². The predicted molar refractivity (Wildman–Crippen MR) is 94.7 cm³/mol. The molecule has 0 saturated heterocycles. The number of halogens is 2. The number of hydrogen-bond acceptors (Lipinski definition) is 3. The topological polar surface area (TPSA) is 26.3 Å². The molecule has 2 rings (SSSR count). The Balaban J connectivity index is 1.97. The van der Waals surface area contributed by atoms with Gasteiger partial charge in [0, 0.05) is 5.56 Å². The van der Waals surface area contributed by atoms with Crippen molar-refractivity contribution in [1.29, 1.82) is 0 Å². The third-order valence-electron chi connectivity index (χ3n) is 3.39. The molecule has 0 aliphatic heterocycles. The van der Waals surface area contributed by atoms with Gasteiger partial charge in [0.1, 0.15) is 5.75 Å². The summed E-state index contributed by atoms with van der Waals surface area (Å²) in [7, 11) is 0. The first-order valence-corrected chi connectivity index (χ1v) is 9.12. The smallest absolute Gasteiger partial charge is 0.202 e. The van der Waals surface area contributed by atoms with Crippen molar-refractivity contribution in [2.24, 2.45) is 0 Å². The summed E-state index contributed by atoms with van der Waals surface area (Å²) in [5.74, 6) is 1.23. The normalized spacial score (nSPS) is 12.2. The fourth-order valence-electron chi connectivity index (χ4n) is 1.89. The van der Waals surface area contributed by atoms with Gasteiger partial charge in [-0.15, -0.1) is 11.3 Å². The van der Waals surface area contributed by atoms with E-state index in [1.807, 2.05) is 18.2 Å². The fraction of sp³-hybridized carbons (Fsp3) is 0.312. The summed E-state index contributed by atoms with van der Waals surface area (Å²) in [5, 5.41) is 0. The molecule has 2 aromatic rings. The first kappa shape index (κ1) is 16.7. The highest BCUT2D eigenvalue weighted by Gasteiger charge is 2.14. The van der Waals surface area contributed by atoms with Crippen LogP contribution in [-0.2, 0) is 0 Å². The van der Waals surface area contributed by atoms with Gasteiger partial charge in [0.2, 0.25) is 5.78 Å². The molecule has 112 valence electrons. The molecule has 21 heavy (non-hydrogen) atoms. The maximum Gasteiger partial charge on any atom is 0.202 e. The van der Waals surface area contributed by atoms with Crippen molar-refractivity contribution in [3.05, 3.63) is 49.0 Å². The quantitative estimate of drug-likeness (QED) is 0.520. The van der Waals surface area contributed by atoms with Gasteiger partial charge in [-0.25, -0.2) is 0 Å². The van der Waals surface area contributed by atoms with E-state index in [-0.39, 0.29) is 12.4 Å². The number of benzene rings is 1. The van der Waals surface area contributed by atoms with Gasteiger partial charge < -0.3 is 4.74 Å². The summed E-state index contributed by atoms with van der Waals surface area (Å²) >= 11 is 8.24. The lowest BCUT2D eigenvalue weighted by Crippen LogP contribution is -2.11. The molecule has 5 heteroatoms. The van der Waals surface area contributed by atoms with Crippen LogP contribution in [0.25, 0.3) is 0 Å². The van der Waals surface area contributed by atoms with Crippen LogP contribution >= 0.6 is 43.2 Å². The van der Waals surface area contributed by atoms with Gasteiger partial charge in [-0.3, -0.25) is 4.79 Å². The van der Waals surface area contributed by atoms with E-state index in [1.54, 1.807) is 0 Å². The second kappa shape index (κ2) is 7.56. The molecule has 0 amide bonds. The van der Waals surface area contributed by atoms with Crippen LogP contribution in [0, 0.1) is 0 Å². The minimum absolute atomic E-state index is 0.0326. The molecular formula is C16H16Br2O2S. The van der Waals surface area contributed by atoms with Crippen molar-refractivity contribution in [3.8, 4) is 5.75 Å². The predicted octanol–water partition coefficient (Wildman–Crippen LogP) is 6.05. The third kappa shape index (κ3) is 4.41. The Kier molecular flexibility index (Phi) is 6.02. The van der Waals surface area contributed by atoms with Gasteiger partial charge in [-0.05, 0) is 68.0 Å². The van der Waals surface area contributed by atoms with Crippen LogP contribution in [0.5, 0.6) is 5.75 Å². The van der Waals surface area contributed by atoms with Crippen molar-refractivity contribution in [3.63, 3.8) is 0 Å². The fourth-order valence-corrected chi connectivity index (χ4v) is 4.74. The Bertz CT molecular complexity index is 620. The molecule has 1 heterocycles. The van der Waals surface area contributed by atoms with Gasteiger partial charge in [0.25, 0.3) is 0 Å². The monoisotopic (exact) mass is 430 g/mol. The molecule has 0 fully saturated rings. The molecule has 0 radical (unpaired) electrons. The highest BCUT2D eigenvalue weighted by Crippen LogP contribution is 2.32. The number of ether oxygens (including phenoxy) is 1. The second-order valence-corrected chi connectivity index (χ2v) is 8.58. The Morgan fingerprint density at radius 2 is 1.95 bits per heavy atom. The number of ketones is 1. The molecular weight excluding hydrogens is 416 g/mol. The molecule has 1 aromatic heterocycles. The van der Waals surface area contributed by atoms with Crippen LogP contribution in [0.4, 0.5) is 0 Å². The zero-order valence-corrected chi connectivity index (χ0v) is 15.8. The molecule has 0 bridgehead atoms. The molecule has 0 aliphatic carbocycles.